The van der Waals surface area contributed by atoms with Crippen molar-refractivity contribution in [3.63, 3.8) is 0 Å². The molecule has 174 valence electrons. The number of aromatic nitrogens is 1. The number of hydrogen-bond donors (Lipinski definition) is 1. The molecule has 0 radical (unpaired) electrons. The van der Waals surface area contributed by atoms with Crippen molar-refractivity contribution in [2.24, 2.45) is 4.99 Å². The van der Waals surface area contributed by atoms with Crippen LogP contribution in [0.4, 0.5) is 0 Å². The third-order valence-electron chi connectivity index (χ3n) is 6.17. The Bertz CT molecular complexity index is 1040. The van der Waals surface area contributed by atoms with Crippen molar-refractivity contribution in [3.05, 3.63) is 78.3 Å². The van der Waals surface area contributed by atoms with Gasteiger partial charge in [0.2, 0.25) is 5.89 Å². The van der Waals surface area contributed by atoms with Crippen molar-refractivity contribution in [1.82, 2.24) is 20.1 Å². The maximum atomic E-state index is 6.11. The van der Waals surface area contributed by atoms with E-state index in [4.69, 9.17) is 9.15 Å². The van der Waals surface area contributed by atoms with Crippen LogP contribution in [0.3, 0.4) is 0 Å². The average molecular weight is 559 g/mol. The molecule has 5 rings (SSSR count). The molecule has 3 aromatic rings. The number of likely N-dealkylation sites (tertiary alicyclic amines) is 1. The fraction of sp³-hybridized carbons (Fsp3) is 0.360. The highest BCUT2D eigenvalue weighted by Gasteiger charge is 2.41. The summed E-state index contributed by atoms with van der Waals surface area (Å²) in [5.41, 5.74) is 2.36. The number of aliphatic imine (C=N–C) groups is 1. The van der Waals surface area contributed by atoms with Gasteiger partial charge in [-0.15, -0.1) is 24.0 Å². The maximum absolute atomic E-state index is 6.11. The average Bonchev–Trinajstić information content (AvgIpc) is 3.49. The highest BCUT2D eigenvalue weighted by Crippen LogP contribution is 2.25. The molecule has 2 fully saturated rings. The Labute approximate surface area is 211 Å². The predicted molar refractivity (Wildman–Crippen MR) is 140 cm³/mol. The number of hydrogen-bond acceptors (Lipinski definition) is 5. The van der Waals surface area contributed by atoms with Gasteiger partial charge < -0.3 is 19.4 Å². The highest BCUT2D eigenvalue weighted by molar-refractivity contribution is 14.0. The molecule has 8 heteroatoms. The topological polar surface area (TPSA) is 66.1 Å². The molecule has 0 saturated carbocycles. The van der Waals surface area contributed by atoms with Crippen LogP contribution < -0.4 is 5.32 Å². The standard InChI is InChI=1S/C25H29N5O2.HI/c1-26-25(28-15-24-27-14-22(32-24)20-10-6-3-7-11-20)30-17-21-23(18-30)31-13-12-29(21)16-19-8-4-2-5-9-19;/h2-11,14,21,23H,12-13,15-18H2,1H3,(H,26,28);1H. The Morgan fingerprint density at radius 3 is 2.61 bits per heavy atom. The first-order chi connectivity index (χ1) is 15.8. The molecule has 2 atom stereocenters. The monoisotopic (exact) mass is 559 g/mol. The zero-order chi connectivity index (χ0) is 21.8. The third kappa shape index (κ3) is 5.56. The van der Waals surface area contributed by atoms with E-state index in [1.165, 1.54) is 5.56 Å². The fourth-order valence-corrected chi connectivity index (χ4v) is 4.56. The van der Waals surface area contributed by atoms with Gasteiger partial charge in [0.25, 0.3) is 0 Å². The Kier molecular flexibility index (Phi) is 8.00. The summed E-state index contributed by atoms with van der Waals surface area (Å²) in [4.78, 5) is 13.7. The van der Waals surface area contributed by atoms with Crippen molar-refractivity contribution in [2.45, 2.75) is 25.2 Å². The van der Waals surface area contributed by atoms with Gasteiger partial charge in [0, 0.05) is 38.8 Å². The van der Waals surface area contributed by atoms with Gasteiger partial charge in [-0.05, 0) is 5.56 Å². The largest absolute Gasteiger partial charge is 0.439 e. The Morgan fingerprint density at radius 1 is 1.09 bits per heavy atom. The Balaban J connectivity index is 0.00000259. The van der Waals surface area contributed by atoms with Gasteiger partial charge in [0.15, 0.2) is 11.7 Å². The molecule has 0 amide bonds. The van der Waals surface area contributed by atoms with Gasteiger partial charge in [-0.3, -0.25) is 9.89 Å². The summed E-state index contributed by atoms with van der Waals surface area (Å²) in [5.74, 6) is 2.26. The van der Waals surface area contributed by atoms with Crippen LogP contribution in [0.2, 0.25) is 0 Å². The van der Waals surface area contributed by atoms with Crippen molar-refractivity contribution in [3.8, 4) is 11.3 Å². The quantitative estimate of drug-likeness (QED) is 0.293. The van der Waals surface area contributed by atoms with Gasteiger partial charge in [-0.2, -0.15) is 0 Å². The van der Waals surface area contributed by atoms with Crippen LogP contribution in [0.1, 0.15) is 11.5 Å². The summed E-state index contributed by atoms with van der Waals surface area (Å²) in [6.45, 7) is 4.87. The van der Waals surface area contributed by atoms with Crippen molar-refractivity contribution < 1.29 is 9.15 Å². The van der Waals surface area contributed by atoms with E-state index in [2.05, 4.69) is 55.4 Å². The number of guanidine groups is 1. The number of fused-ring (bicyclic) bond motifs is 1. The van der Waals surface area contributed by atoms with Gasteiger partial charge in [0.05, 0.1) is 31.5 Å². The minimum atomic E-state index is 0. The number of nitrogens with one attached hydrogen (secondary N) is 1. The van der Waals surface area contributed by atoms with Gasteiger partial charge in [-0.25, -0.2) is 4.98 Å². The van der Waals surface area contributed by atoms with E-state index in [0.29, 0.717) is 18.5 Å². The first-order valence-electron chi connectivity index (χ1n) is 11.2. The summed E-state index contributed by atoms with van der Waals surface area (Å²) in [6.07, 6.45) is 1.96. The lowest BCUT2D eigenvalue weighted by molar-refractivity contribution is -0.0502. The molecule has 2 aliphatic heterocycles. The third-order valence-corrected chi connectivity index (χ3v) is 6.17. The second kappa shape index (κ2) is 11.1. The van der Waals surface area contributed by atoms with Crippen molar-refractivity contribution in [2.75, 3.05) is 33.3 Å². The van der Waals surface area contributed by atoms with E-state index >= 15 is 0 Å². The number of halogens is 1. The van der Waals surface area contributed by atoms with Crippen LogP contribution in [0.15, 0.2) is 76.3 Å². The molecule has 2 aromatic carbocycles. The molecule has 0 bridgehead atoms. The molecule has 2 unspecified atom stereocenters. The van der Waals surface area contributed by atoms with Crippen molar-refractivity contribution >= 4 is 29.9 Å². The van der Waals surface area contributed by atoms with E-state index in [-0.39, 0.29) is 30.1 Å². The zero-order valence-corrected chi connectivity index (χ0v) is 21.1. The van der Waals surface area contributed by atoms with E-state index in [1.807, 2.05) is 37.4 Å². The lowest BCUT2D eigenvalue weighted by atomic mass is 10.1. The fourth-order valence-electron chi connectivity index (χ4n) is 4.56. The lowest BCUT2D eigenvalue weighted by Gasteiger charge is -2.36. The first kappa shape index (κ1) is 23.7. The summed E-state index contributed by atoms with van der Waals surface area (Å²) in [6, 6.07) is 21.0. The maximum Gasteiger partial charge on any atom is 0.214 e. The van der Waals surface area contributed by atoms with Gasteiger partial charge in [0.1, 0.15) is 0 Å². The first-order valence-corrected chi connectivity index (χ1v) is 11.2. The van der Waals surface area contributed by atoms with Crippen LogP contribution >= 0.6 is 24.0 Å². The minimum absolute atomic E-state index is 0. The highest BCUT2D eigenvalue weighted by atomic mass is 127. The Morgan fingerprint density at radius 2 is 1.85 bits per heavy atom. The number of rotatable bonds is 5. The van der Waals surface area contributed by atoms with Crippen LogP contribution in [0.25, 0.3) is 11.3 Å². The lowest BCUT2D eigenvalue weighted by Crippen LogP contribution is -2.50. The molecule has 0 spiro atoms. The van der Waals surface area contributed by atoms with Gasteiger partial charge >= 0.3 is 0 Å². The molecular weight excluding hydrogens is 529 g/mol. The summed E-state index contributed by atoms with van der Waals surface area (Å²) < 4.78 is 12.0. The molecular formula is C25H30IN5O2. The van der Waals surface area contributed by atoms with E-state index in [9.17, 15) is 0 Å². The van der Waals surface area contributed by atoms with Crippen LogP contribution in [0, 0.1) is 0 Å². The molecule has 1 N–H and O–H groups in total. The number of ether oxygens (including phenoxy) is 1. The number of benzene rings is 2. The normalized spacial score (nSPS) is 20.9. The van der Waals surface area contributed by atoms with Crippen molar-refractivity contribution in [1.29, 1.82) is 0 Å². The predicted octanol–water partition coefficient (Wildman–Crippen LogP) is 3.62. The molecule has 1 aromatic heterocycles. The second-order valence-electron chi connectivity index (χ2n) is 8.22. The molecule has 0 aliphatic carbocycles. The second-order valence-corrected chi connectivity index (χ2v) is 8.22. The zero-order valence-electron chi connectivity index (χ0n) is 18.8. The summed E-state index contributed by atoms with van der Waals surface area (Å²) >= 11 is 0. The number of oxazole rings is 1. The smallest absolute Gasteiger partial charge is 0.214 e. The number of nitrogens with zero attached hydrogens (tertiary/aromatic N) is 4. The van der Waals surface area contributed by atoms with Crippen LogP contribution in [-0.4, -0.2) is 66.2 Å². The summed E-state index contributed by atoms with van der Waals surface area (Å²) in [5, 5.41) is 3.41. The van der Waals surface area contributed by atoms with Crippen LogP contribution in [0.5, 0.6) is 0 Å². The molecule has 2 saturated heterocycles. The SMILES string of the molecule is CN=C(NCc1ncc(-c2ccccc2)o1)N1CC2OCCN(Cc3ccccc3)C2C1.I. The van der Waals surface area contributed by atoms with E-state index in [0.717, 1.165) is 50.1 Å². The summed E-state index contributed by atoms with van der Waals surface area (Å²) in [7, 11) is 1.82. The molecule has 2 aliphatic rings. The van der Waals surface area contributed by atoms with E-state index in [1.54, 1.807) is 6.20 Å². The number of morpholine rings is 1. The Hall–Kier alpha value is -2.43. The van der Waals surface area contributed by atoms with E-state index < -0.39 is 0 Å². The molecule has 3 heterocycles. The molecule has 33 heavy (non-hydrogen) atoms. The van der Waals surface area contributed by atoms with Gasteiger partial charge in [-0.1, -0.05) is 60.7 Å². The van der Waals surface area contributed by atoms with Crippen LogP contribution in [-0.2, 0) is 17.8 Å². The molecule has 7 nitrogen and oxygen atoms in total. The minimum Gasteiger partial charge on any atom is -0.439 e.